The lowest BCUT2D eigenvalue weighted by Gasteiger charge is -2.47. The van der Waals surface area contributed by atoms with E-state index in [0.29, 0.717) is 24.2 Å². The van der Waals surface area contributed by atoms with Crippen molar-refractivity contribution in [1.82, 2.24) is 0 Å². The Morgan fingerprint density at radius 3 is 2.23 bits per heavy atom. The summed E-state index contributed by atoms with van der Waals surface area (Å²) in [6.07, 6.45) is 1.12. The van der Waals surface area contributed by atoms with Crippen LogP contribution >= 0.6 is 0 Å². The SMILES string of the molecule is CC(C)CC(C)(C(C)C)C(OC1C2CC3C1OC(=O)C3(C(O)OC(C)(C)C)C2)C(C)C. The van der Waals surface area contributed by atoms with Gasteiger partial charge >= 0.3 is 5.97 Å². The molecule has 5 heteroatoms. The molecule has 0 aromatic carbocycles. The minimum absolute atomic E-state index is 0.0319. The predicted octanol–water partition coefficient (Wildman–Crippen LogP) is 5.19. The largest absolute Gasteiger partial charge is 0.459 e. The zero-order valence-electron chi connectivity index (χ0n) is 21.4. The van der Waals surface area contributed by atoms with Gasteiger partial charge in [0.1, 0.15) is 11.5 Å². The number of fused-ring (bicyclic) bond motifs is 1. The average molecular weight is 439 g/mol. The molecule has 0 spiro atoms. The number of aliphatic hydroxyl groups excluding tert-OH is 1. The molecule has 3 rings (SSSR count). The van der Waals surface area contributed by atoms with Crippen LogP contribution in [0.4, 0.5) is 0 Å². The van der Waals surface area contributed by atoms with Gasteiger partial charge in [0.25, 0.3) is 0 Å². The van der Waals surface area contributed by atoms with E-state index in [2.05, 4.69) is 48.5 Å². The molecule has 1 saturated heterocycles. The maximum absolute atomic E-state index is 13.0. The standard InChI is InChI=1S/C26H46O5/c1-14(2)12-25(10,16(5)6)21(15(3)4)29-19-17-11-18-20(19)30-22(27)26(18,13-17)23(28)31-24(7,8)9/h14-21,23,28H,11-13H2,1-10H3. The Hall–Kier alpha value is -0.650. The van der Waals surface area contributed by atoms with Crippen molar-refractivity contribution in [3.05, 3.63) is 0 Å². The highest BCUT2D eigenvalue weighted by Crippen LogP contribution is 2.64. The van der Waals surface area contributed by atoms with Gasteiger partial charge in [0, 0.05) is 5.92 Å². The molecule has 3 fully saturated rings. The van der Waals surface area contributed by atoms with E-state index in [1.165, 1.54) is 0 Å². The van der Waals surface area contributed by atoms with Gasteiger partial charge in [-0.2, -0.15) is 0 Å². The second-order valence-electron chi connectivity index (χ2n) is 12.8. The van der Waals surface area contributed by atoms with Crippen molar-refractivity contribution in [3.8, 4) is 0 Å². The van der Waals surface area contributed by atoms with E-state index in [-0.39, 0.29) is 41.5 Å². The molecule has 2 bridgehead atoms. The highest BCUT2D eigenvalue weighted by molar-refractivity contribution is 5.81. The summed E-state index contributed by atoms with van der Waals surface area (Å²) in [6.45, 7) is 21.7. The first-order valence-corrected chi connectivity index (χ1v) is 12.4. The Kier molecular flexibility index (Phi) is 6.68. The molecule has 1 heterocycles. The molecule has 0 aromatic rings. The number of carbonyl (C=O) groups is 1. The van der Waals surface area contributed by atoms with Crippen LogP contribution in [-0.4, -0.2) is 41.3 Å². The molecule has 0 radical (unpaired) electrons. The van der Waals surface area contributed by atoms with Gasteiger partial charge in [-0.25, -0.2) is 0 Å². The first kappa shape index (κ1) is 25.0. The predicted molar refractivity (Wildman–Crippen MR) is 121 cm³/mol. The molecular formula is C26H46O5. The van der Waals surface area contributed by atoms with Gasteiger partial charge in [0.15, 0.2) is 6.29 Å². The highest BCUT2D eigenvalue weighted by atomic mass is 16.6. The van der Waals surface area contributed by atoms with Crippen LogP contribution in [-0.2, 0) is 19.0 Å². The Morgan fingerprint density at radius 2 is 1.74 bits per heavy atom. The van der Waals surface area contributed by atoms with Crippen molar-refractivity contribution in [3.63, 3.8) is 0 Å². The number of esters is 1. The van der Waals surface area contributed by atoms with Gasteiger partial charge < -0.3 is 19.3 Å². The first-order valence-electron chi connectivity index (χ1n) is 12.4. The minimum Gasteiger partial charge on any atom is -0.459 e. The normalized spacial score (nSPS) is 36.4. The molecule has 1 N–H and O–H groups in total. The van der Waals surface area contributed by atoms with Crippen LogP contribution in [0.5, 0.6) is 0 Å². The van der Waals surface area contributed by atoms with Crippen LogP contribution in [0.15, 0.2) is 0 Å². The molecular weight excluding hydrogens is 392 g/mol. The number of carbonyl (C=O) groups excluding carboxylic acids is 1. The number of ether oxygens (including phenoxy) is 3. The fourth-order valence-electron chi connectivity index (χ4n) is 6.81. The molecule has 8 atom stereocenters. The molecule has 8 unspecified atom stereocenters. The van der Waals surface area contributed by atoms with Crippen molar-refractivity contribution in [2.45, 2.75) is 119 Å². The first-order chi connectivity index (χ1) is 14.1. The Morgan fingerprint density at radius 1 is 1.13 bits per heavy atom. The van der Waals surface area contributed by atoms with E-state index >= 15 is 0 Å². The van der Waals surface area contributed by atoms with Gasteiger partial charge in [-0.05, 0) is 69.1 Å². The maximum atomic E-state index is 13.0. The molecule has 1 aliphatic heterocycles. The maximum Gasteiger partial charge on any atom is 0.318 e. The smallest absolute Gasteiger partial charge is 0.318 e. The molecule has 31 heavy (non-hydrogen) atoms. The second kappa shape index (κ2) is 8.29. The lowest BCUT2D eigenvalue weighted by Crippen LogP contribution is -2.52. The topological polar surface area (TPSA) is 65.0 Å². The van der Waals surface area contributed by atoms with E-state index in [9.17, 15) is 9.90 Å². The third kappa shape index (κ3) is 4.19. The van der Waals surface area contributed by atoms with E-state index < -0.39 is 17.3 Å². The second-order valence-corrected chi connectivity index (χ2v) is 12.8. The van der Waals surface area contributed by atoms with Gasteiger partial charge in [0.05, 0.1) is 17.8 Å². The third-order valence-corrected chi connectivity index (χ3v) is 8.26. The van der Waals surface area contributed by atoms with Crippen LogP contribution in [0.2, 0.25) is 0 Å². The molecule has 3 aliphatic rings. The molecule has 180 valence electrons. The number of hydrogen-bond donors (Lipinski definition) is 1. The highest BCUT2D eigenvalue weighted by Gasteiger charge is 2.74. The van der Waals surface area contributed by atoms with Crippen LogP contribution < -0.4 is 0 Å². The van der Waals surface area contributed by atoms with E-state index in [1.807, 2.05) is 20.8 Å². The lowest BCUT2D eigenvalue weighted by atomic mass is 9.66. The van der Waals surface area contributed by atoms with Gasteiger partial charge in [-0.15, -0.1) is 0 Å². The quantitative estimate of drug-likeness (QED) is 0.396. The monoisotopic (exact) mass is 438 g/mol. The van der Waals surface area contributed by atoms with Crippen LogP contribution in [0.1, 0.15) is 88.5 Å². The Labute approximate surface area is 189 Å². The van der Waals surface area contributed by atoms with Crippen molar-refractivity contribution in [2.24, 2.45) is 40.4 Å². The van der Waals surface area contributed by atoms with Gasteiger partial charge in [-0.1, -0.05) is 48.5 Å². The fraction of sp³-hybridized carbons (Fsp3) is 0.962. The number of rotatable bonds is 9. The van der Waals surface area contributed by atoms with Crippen molar-refractivity contribution < 1.29 is 24.1 Å². The minimum atomic E-state index is -1.14. The van der Waals surface area contributed by atoms with E-state index in [4.69, 9.17) is 14.2 Å². The van der Waals surface area contributed by atoms with Gasteiger partial charge in [0.2, 0.25) is 0 Å². The zero-order chi connectivity index (χ0) is 23.5. The summed E-state index contributed by atoms with van der Waals surface area (Å²) in [4.78, 5) is 13.0. The summed E-state index contributed by atoms with van der Waals surface area (Å²) >= 11 is 0. The zero-order valence-corrected chi connectivity index (χ0v) is 21.4. The number of hydrogen-bond acceptors (Lipinski definition) is 5. The summed E-state index contributed by atoms with van der Waals surface area (Å²) in [5.41, 5.74) is -1.42. The van der Waals surface area contributed by atoms with Crippen LogP contribution in [0.3, 0.4) is 0 Å². The molecule has 0 aromatic heterocycles. The van der Waals surface area contributed by atoms with Crippen LogP contribution in [0.25, 0.3) is 0 Å². The summed E-state index contributed by atoms with van der Waals surface area (Å²) < 4.78 is 18.7. The van der Waals surface area contributed by atoms with Crippen molar-refractivity contribution in [2.75, 3.05) is 0 Å². The fourth-order valence-corrected chi connectivity index (χ4v) is 6.81. The van der Waals surface area contributed by atoms with Crippen molar-refractivity contribution in [1.29, 1.82) is 0 Å². The average Bonchev–Trinajstić information content (AvgIpc) is 3.18. The Balaban J connectivity index is 1.84. The van der Waals surface area contributed by atoms with Crippen molar-refractivity contribution >= 4 is 5.97 Å². The van der Waals surface area contributed by atoms with E-state index in [1.54, 1.807) is 0 Å². The third-order valence-electron chi connectivity index (χ3n) is 8.26. The van der Waals surface area contributed by atoms with E-state index in [0.717, 1.165) is 12.8 Å². The Bertz CT molecular complexity index is 665. The van der Waals surface area contributed by atoms with Crippen LogP contribution in [0, 0.1) is 40.4 Å². The molecule has 2 saturated carbocycles. The molecule has 2 aliphatic carbocycles. The lowest BCUT2D eigenvalue weighted by molar-refractivity contribution is -0.231. The molecule has 0 amide bonds. The summed E-state index contributed by atoms with van der Waals surface area (Å²) in [5.74, 6) is 1.31. The summed E-state index contributed by atoms with van der Waals surface area (Å²) in [6, 6.07) is 0. The summed E-state index contributed by atoms with van der Waals surface area (Å²) in [7, 11) is 0. The summed E-state index contributed by atoms with van der Waals surface area (Å²) in [5, 5.41) is 10.9. The van der Waals surface area contributed by atoms with Gasteiger partial charge in [-0.3, -0.25) is 4.79 Å². The molecule has 5 nitrogen and oxygen atoms in total. The number of aliphatic hydroxyl groups is 1.